The molecule has 1 aliphatic heterocycles. The van der Waals surface area contributed by atoms with E-state index in [0.717, 1.165) is 24.7 Å². The maximum atomic E-state index is 13.0. The molecule has 0 radical (unpaired) electrons. The Hall–Kier alpha value is -4.21. The molecular formula is C21H19N3O7. The molecule has 3 rings (SSSR count). The smallest absolute Gasteiger partial charge is 0.355 e. The number of nitro benzene ring substituents is 1. The van der Waals surface area contributed by atoms with Gasteiger partial charge in [0.1, 0.15) is 5.70 Å². The Kier molecular flexibility index (Phi) is 6.00. The zero-order chi connectivity index (χ0) is 22.7. The summed E-state index contributed by atoms with van der Waals surface area (Å²) >= 11 is 0. The highest BCUT2D eigenvalue weighted by atomic mass is 16.6. The van der Waals surface area contributed by atoms with Gasteiger partial charge in [0.15, 0.2) is 0 Å². The first-order chi connectivity index (χ1) is 14.8. The minimum atomic E-state index is -1.09. The maximum Gasteiger partial charge on any atom is 0.355 e. The molecular weight excluding hydrogens is 406 g/mol. The zero-order valence-corrected chi connectivity index (χ0v) is 16.9. The van der Waals surface area contributed by atoms with Crippen molar-refractivity contribution in [1.82, 2.24) is 5.32 Å². The number of ether oxygens (including phenoxy) is 2. The zero-order valence-electron chi connectivity index (χ0n) is 16.9. The van der Waals surface area contributed by atoms with E-state index in [-0.39, 0.29) is 17.0 Å². The average Bonchev–Trinajstić information content (AvgIpc) is 2.78. The predicted octanol–water partition coefficient (Wildman–Crippen LogP) is 2.77. The molecule has 1 atom stereocenters. The molecule has 160 valence electrons. The van der Waals surface area contributed by atoms with Crippen LogP contribution in [0.3, 0.4) is 0 Å². The molecule has 0 unspecified atom stereocenters. The molecule has 0 saturated heterocycles. The van der Waals surface area contributed by atoms with E-state index in [1.54, 1.807) is 24.3 Å². The summed E-state index contributed by atoms with van der Waals surface area (Å²) in [4.78, 5) is 49.9. The quantitative estimate of drug-likeness (QED) is 0.443. The number of carbonyl (C=O) groups is 3. The van der Waals surface area contributed by atoms with Crippen LogP contribution in [-0.4, -0.2) is 37.1 Å². The number of hydrogen-bond acceptors (Lipinski definition) is 7. The number of hydrogen-bond donors (Lipinski definition) is 1. The lowest BCUT2D eigenvalue weighted by Crippen LogP contribution is -2.50. The standard InChI is InChI=1S/C21H19N3O7/c1-12-4-8-14(9-5-12)23-18(20(26)31-3)16(19(25)30-2)17(22-21(23)27)13-6-10-15(11-7-13)24(28)29/h4-11,17H,1-3H3,(H,22,27)/t17-/m0/s1. The summed E-state index contributed by atoms with van der Waals surface area (Å²) in [5.41, 5.74) is 0.996. The Morgan fingerprint density at radius 2 is 1.58 bits per heavy atom. The van der Waals surface area contributed by atoms with Crippen LogP contribution in [0, 0.1) is 17.0 Å². The van der Waals surface area contributed by atoms with Crippen molar-refractivity contribution in [3.8, 4) is 0 Å². The average molecular weight is 425 g/mol. The number of methoxy groups -OCH3 is 2. The van der Waals surface area contributed by atoms with Gasteiger partial charge in [-0.3, -0.25) is 15.0 Å². The van der Waals surface area contributed by atoms with Gasteiger partial charge >= 0.3 is 18.0 Å². The van der Waals surface area contributed by atoms with E-state index in [0.29, 0.717) is 11.3 Å². The number of urea groups is 1. The molecule has 10 nitrogen and oxygen atoms in total. The fourth-order valence-electron chi connectivity index (χ4n) is 3.22. The molecule has 31 heavy (non-hydrogen) atoms. The van der Waals surface area contributed by atoms with Crippen molar-refractivity contribution < 1.29 is 28.8 Å². The van der Waals surface area contributed by atoms with Gasteiger partial charge in [-0.1, -0.05) is 17.7 Å². The lowest BCUT2D eigenvalue weighted by Gasteiger charge is -2.35. The molecule has 1 aliphatic rings. The SMILES string of the molecule is COC(=O)C1=C(C(=O)OC)N(c2ccc(C)cc2)C(=O)N[C@H]1c1ccc([N+](=O)[O-])cc1. The summed E-state index contributed by atoms with van der Waals surface area (Å²) in [7, 11) is 2.27. The Morgan fingerprint density at radius 1 is 1.00 bits per heavy atom. The van der Waals surface area contributed by atoms with Crippen molar-refractivity contribution in [3.63, 3.8) is 0 Å². The number of esters is 2. The first-order valence-electron chi connectivity index (χ1n) is 9.11. The van der Waals surface area contributed by atoms with E-state index in [4.69, 9.17) is 9.47 Å². The number of amides is 2. The lowest BCUT2D eigenvalue weighted by molar-refractivity contribution is -0.384. The predicted molar refractivity (Wildman–Crippen MR) is 109 cm³/mol. The topological polar surface area (TPSA) is 128 Å². The van der Waals surface area contributed by atoms with Gasteiger partial charge in [-0.15, -0.1) is 0 Å². The Morgan fingerprint density at radius 3 is 2.10 bits per heavy atom. The summed E-state index contributed by atoms with van der Waals surface area (Å²) in [6.07, 6.45) is 0. The van der Waals surface area contributed by atoms with Crippen molar-refractivity contribution in [2.75, 3.05) is 19.1 Å². The Balaban J connectivity index is 2.23. The van der Waals surface area contributed by atoms with Crippen LogP contribution >= 0.6 is 0 Å². The van der Waals surface area contributed by atoms with Gasteiger partial charge in [0.25, 0.3) is 5.69 Å². The van der Waals surface area contributed by atoms with E-state index in [1.807, 2.05) is 6.92 Å². The summed E-state index contributed by atoms with van der Waals surface area (Å²) < 4.78 is 9.73. The van der Waals surface area contributed by atoms with Crippen molar-refractivity contribution in [2.45, 2.75) is 13.0 Å². The lowest BCUT2D eigenvalue weighted by atomic mass is 9.94. The summed E-state index contributed by atoms with van der Waals surface area (Å²) in [5, 5.41) is 13.6. The van der Waals surface area contributed by atoms with Gasteiger partial charge in [-0.2, -0.15) is 0 Å². The fraction of sp³-hybridized carbons (Fsp3) is 0.190. The van der Waals surface area contributed by atoms with E-state index >= 15 is 0 Å². The largest absolute Gasteiger partial charge is 0.466 e. The highest BCUT2D eigenvalue weighted by molar-refractivity contribution is 6.13. The molecule has 0 aliphatic carbocycles. The first kappa shape index (κ1) is 21.5. The Bertz CT molecular complexity index is 1080. The normalized spacial score (nSPS) is 15.9. The molecule has 0 bridgehead atoms. The molecule has 10 heteroatoms. The molecule has 2 aromatic carbocycles. The van der Waals surface area contributed by atoms with Gasteiger partial charge in [-0.25, -0.2) is 14.4 Å². The second-order valence-corrected chi connectivity index (χ2v) is 6.65. The van der Waals surface area contributed by atoms with Crippen LogP contribution < -0.4 is 10.2 Å². The van der Waals surface area contributed by atoms with Gasteiger partial charge in [-0.05, 0) is 36.8 Å². The Labute approximate surface area is 177 Å². The highest BCUT2D eigenvalue weighted by Gasteiger charge is 2.42. The summed E-state index contributed by atoms with van der Waals surface area (Å²) in [5.74, 6) is -1.77. The monoisotopic (exact) mass is 425 g/mol. The van der Waals surface area contributed by atoms with Crippen LogP contribution in [0.25, 0.3) is 0 Å². The number of benzene rings is 2. The van der Waals surface area contributed by atoms with Crippen molar-refractivity contribution in [3.05, 3.63) is 81.0 Å². The number of aryl methyl sites for hydroxylation is 1. The highest BCUT2D eigenvalue weighted by Crippen LogP contribution is 2.35. The van der Waals surface area contributed by atoms with E-state index in [1.165, 1.54) is 24.3 Å². The van der Waals surface area contributed by atoms with E-state index in [9.17, 15) is 24.5 Å². The minimum Gasteiger partial charge on any atom is -0.466 e. The second-order valence-electron chi connectivity index (χ2n) is 6.65. The molecule has 2 aromatic rings. The molecule has 0 saturated carbocycles. The van der Waals surface area contributed by atoms with Gasteiger partial charge < -0.3 is 14.8 Å². The number of carbonyl (C=O) groups excluding carboxylic acids is 3. The van der Waals surface area contributed by atoms with E-state index in [2.05, 4.69) is 5.32 Å². The number of rotatable bonds is 5. The first-order valence-corrected chi connectivity index (χ1v) is 9.11. The third-order valence-electron chi connectivity index (χ3n) is 4.75. The third kappa shape index (κ3) is 4.08. The molecule has 0 aromatic heterocycles. The van der Waals surface area contributed by atoms with Gasteiger partial charge in [0.05, 0.1) is 36.4 Å². The second kappa shape index (κ2) is 8.66. The fourth-order valence-corrected chi connectivity index (χ4v) is 3.22. The van der Waals surface area contributed by atoms with Crippen molar-refractivity contribution in [2.24, 2.45) is 0 Å². The van der Waals surface area contributed by atoms with Crippen LogP contribution in [0.2, 0.25) is 0 Å². The number of anilines is 1. The minimum absolute atomic E-state index is 0.163. The van der Waals surface area contributed by atoms with Crippen LogP contribution in [0.1, 0.15) is 17.2 Å². The summed E-state index contributed by atoms with van der Waals surface area (Å²) in [6.45, 7) is 1.86. The third-order valence-corrected chi connectivity index (χ3v) is 4.75. The van der Waals surface area contributed by atoms with Crippen molar-refractivity contribution >= 4 is 29.3 Å². The molecule has 0 spiro atoms. The number of nitro groups is 1. The number of nitrogens with one attached hydrogen (secondary N) is 1. The molecule has 1 heterocycles. The van der Waals surface area contributed by atoms with E-state index < -0.39 is 28.9 Å². The maximum absolute atomic E-state index is 13.0. The van der Waals surface area contributed by atoms with Crippen LogP contribution in [0.5, 0.6) is 0 Å². The van der Waals surface area contributed by atoms with Crippen LogP contribution in [-0.2, 0) is 19.1 Å². The number of nitrogens with zero attached hydrogens (tertiary/aromatic N) is 2. The van der Waals surface area contributed by atoms with Crippen molar-refractivity contribution in [1.29, 1.82) is 0 Å². The molecule has 1 N–H and O–H groups in total. The molecule has 2 amide bonds. The van der Waals surface area contributed by atoms with Gasteiger partial charge in [0.2, 0.25) is 0 Å². The van der Waals surface area contributed by atoms with Crippen LogP contribution in [0.15, 0.2) is 59.8 Å². The van der Waals surface area contributed by atoms with Crippen LogP contribution in [0.4, 0.5) is 16.2 Å². The molecule has 0 fully saturated rings. The summed E-state index contributed by atoms with van der Waals surface area (Å²) in [6, 6.07) is 10.2. The van der Waals surface area contributed by atoms with Gasteiger partial charge in [0, 0.05) is 12.1 Å². The number of non-ortho nitro benzene ring substituents is 1.